The number of morpholine rings is 1. The van der Waals surface area contributed by atoms with E-state index < -0.39 is 0 Å². The third-order valence-electron chi connectivity index (χ3n) is 4.94. The van der Waals surface area contributed by atoms with Gasteiger partial charge in [-0.25, -0.2) is 0 Å². The Hall–Kier alpha value is -1.39. The summed E-state index contributed by atoms with van der Waals surface area (Å²) in [6, 6.07) is 10.6. The topological polar surface area (TPSA) is 41.6 Å². The molecule has 0 unspecified atom stereocenters. The highest BCUT2D eigenvalue weighted by Crippen LogP contribution is 2.34. The maximum Gasteiger partial charge on any atom is 0.223 e. The Labute approximate surface area is 132 Å². The van der Waals surface area contributed by atoms with Crippen LogP contribution in [0.15, 0.2) is 30.3 Å². The minimum atomic E-state index is 0.288. The first-order valence-corrected chi connectivity index (χ1v) is 8.46. The number of carbonyl (C=O) groups excluding carboxylic acids is 1. The van der Waals surface area contributed by atoms with Crippen LogP contribution < -0.4 is 5.32 Å². The summed E-state index contributed by atoms with van der Waals surface area (Å²) in [6.45, 7) is 4.98. The van der Waals surface area contributed by atoms with Gasteiger partial charge in [0.2, 0.25) is 5.91 Å². The van der Waals surface area contributed by atoms with Crippen molar-refractivity contribution >= 4 is 5.91 Å². The quantitative estimate of drug-likeness (QED) is 0.925. The summed E-state index contributed by atoms with van der Waals surface area (Å²) in [4.78, 5) is 14.7. The van der Waals surface area contributed by atoms with Gasteiger partial charge in [0, 0.05) is 19.5 Å². The highest BCUT2D eigenvalue weighted by molar-refractivity contribution is 5.77. The zero-order valence-corrected chi connectivity index (χ0v) is 13.2. The standard InChI is InChI=1S/C18H26N2O2/c21-18(20-10-12-22-13-11-20)14-17(15-4-2-1-3-5-15)16-6-8-19-9-7-16/h1-5,16-17,19H,6-14H2/t17-/m1/s1. The smallest absolute Gasteiger partial charge is 0.223 e. The number of rotatable bonds is 4. The van der Waals surface area contributed by atoms with Crippen LogP contribution in [0.1, 0.15) is 30.7 Å². The van der Waals surface area contributed by atoms with Gasteiger partial charge in [-0.15, -0.1) is 0 Å². The number of nitrogens with one attached hydrogen (secondary N) is 1. The molecule has 2 fully saturated rings. The van der Waals surface area contributed by atoms with E-state index in [4.69, 9.17) is 4.74 Å². The lowest BCUT2D eigenvalue weighted by Crippen LogP contribution is -2.42. The van der Waals surface area contributed by atoms with Crippen molar-refractivity contribution < 1.29 is 9.53 Å². The molecule has 1 N–H and O–H groups in total. The normalized spacial score (nSPS) is 21.5. The second kappa shape index (κ2) is 7.75. The Morgan fingerprint density at radius 1 is 1.18 bits per heavy atom. The third kappa shape index (κ3) is 3.87. The molecule has 0 radical (unpaired) electrons. The maximum atomic E-state index is 12.7. The van der Waals surface area contributed by atoms with Crippen LogP contribution >= 0.6 is 0 Å². The number of benzene rings is 1. The minimum absolute atomic E-state index is 0.288. The summed E-state index contributed by atoms with van der Waals surface area (Å²) in [5.74, 6) is 1.24. The largest absolute Gasteiger partial charge is 0.378 e. The lowest BCUT2D eigenvalue weighted by atomic mass is 9.78. The van der Waals surface area contributed by atoms with Crippen molar-refractivity contribution in [2.24, 2.45) is 5.92 Å². The molecule has 0 bridgehead atoms. The second-order valence-electron chi connectivity index (χ2n) is 6.30. The van der Waals surface area contributed by atoms with Crippen molar-refractivity contribution in [3.63, 3.8) is 0 Å². The predicted octanol–water partition coefficient (Wildman–Crippen LogP) is 2.02. The highest BCUT2D eigenvalue weighted by Gasteiger charge is 2.29. The van der Waals surface area contributed by atoms with Gasteiger partial charge in [-0.3, -0.25) is 4.79 Å². The number of nitrogens with zero attached hydrogens (tertiary/aromatic N) is 1. The lowest BCUT2D eigenvalue weighted by Gasteiger charge is -2.33. The van der Waals surface area contributed by atoms with Gasteiger partial charge < -0.3 is 15.0 Å². The Kier molecular flexibility index (Phi) is 5.46. The molecule has 0 spiro atoms. The van der Waals surface area contributed by atoms with E-state index in [9.17, 15) is 4.79 Å². The van der Waals surface area contributed by atoms with Crippen molar-refractivity contribution in [2.45, 2.75) is 25.2 Å². The van der Waals surface area contributed by atoms with Crippen LogP contribution in [-0.4, -0.2) is 50.2 Å². The van der Waals surface area contributed by atoms with Crippen LogP contribution in [0.4, 0.5) is 0 Å². The molecule has 1 aromatic rings. The van der Waals surface area contributed by atoms with Crippen molar-refractivity contribution in [2.75, 3.05) is 39.4 Å². The molecule has 4 heteroatoms. The summed E-state index contributed by atoms with van der Waals surface area (Å²) in [5, 5.41) is 3.43. The zero-order chi connectivity index (χ0) is 15.2. The van der Waals surface area contributed by atoms with Crippen LogP contribution in [0, 0.1) is 5.92 Å². The Morgan fingerprint density at radius 2 is 1.86 bits per heavy atom. The van der Waals surface area contributed by atoms with Gasteiger partial charge in [0.05, 0.1) is 13.2 Å². The summed E-state index contributed by atoms with van der Waals surface area (Å²) in [7, 11) is 0. The monoisotopic (exact) mass is 302 g/mol. The van der Waals surface area contributed by atoms with E-state index in [1.165, 1.54) is 5.56 Å². The van der Waals surface area contributed by atoms with Crippen LogP contribution in [0.3, 0.4) is 0 Å². The van der Waals surface area contributed by atoms with E-state index in [-0.39, 0.29) is 5.91 Å². The molecule has 0 saturated carbocycles. The van der Waals surface area contributed by atoms with Crippen molar-refractivity contribution in [1.29, 1.82) is 0 Å². The summed E-state index contributed by atoms with van der Waals surface area (Å²) in [5.41, 5.74) is 1.32. The molecule has 1 atom stereocenters. The maximum absolute atomic E-state index is 12.7. The number of amides is 1. The fourth-order valence-electron chi connectivity index (χ4n) is 3.63. The lowest BCUT2D eigenvalue weighted by molar-refractivity contribution is -0.136. The highest BCUT2D eigenvalue weighted by atomic mass is 16.5. The van der Waals surface area contributed by atoms with Gasteiger partial charge in [0.1, 0.15) is 0 Å². The molecule has 1 aromatic carbocycles. The average Bonchev–Trinajstić information content (AvgIpc) is 2.62. The van der Waals surface area contributed by atoms with Crippen molar-refractivity contribution in [3.05, 3.63) is 35.9 Å². The van der Waals surface area contributed by atoms with Crippen molar-refractivity contribution in [3.8, 4) is 0 Å². The molecule has 1 amide bonds. The molecule has 22 heavy (non-hydrogen) atoms. The molecule has 2 aliphatic rings. The molecule has 120 valence electrons. The number of piperidine rings is 1. The van der Waals surface area contributed by atoms with Gasteiger partial charge in [-0.2, -0.15) is 0 Å². The molecule has 0 aromatic heterocycles. The zero-order valence-electron chi connectivity index (χ0n) is 13.2. The van der Waals surface area contributed by atoms with E-state index in [1.54, 1.807) is 0 Å². The number of hydrogen-bond acceptors (Lipinski definition) is 3. The Morgan fingerprint density at radius 3 is 2.55 bits per heavy atom. The van der Waals surface area contributed by atoms with Gasteiger partial charge >= 0.3 is 0 Å². The van der Waals surface area contributed by atoms with E-state index in [1.807, 2.05) is 11.0 Å². The SMILES string of the molecule is O=C(C[C@H](c1ccccc1)C1CCNCC1)N1CCOCC1. The van der Waals surface area contributed by atoms with Gasteiger partial charge in [-0.1, -0.05) is 30.3 Å². The van der Waals surface area contributed by atoms with Crippen LogP contribution in [0.25, 0.3) is 0 Å². The molecule has 0 aliphatic carbocycles. The van der Waals surface area contributed by atoms with E-state index >= 15 is 0 Å². The predicted molar refractivity (Wildman–Crippen MR) is 86.8 cm³/mol. The summed E-state index contributed by atoms with van der Waals surface area (Å²) in [6.07, 6.45) is 2.96. The van der Waals surface area contributed by atoms with Crippen molar-refractivity contribution in [1.82, 2.24) is 10.2 Å². The van der Waals surface area contributed by atoms with E-state index in [2.05, 4.69) is 29.6 Å². The average molecular weight is 302 g/mol. The summed E-state index contributed by atoms with van der Waals surface area (Å²) >= 11 is 0. The molecule has 2 aliphatic heterocycles. The first-order valence-electron chi connectivity index (χ1n) is 8.46. The van der Waals surface area contributed by atoms with Crippen LogP contribution in [-0.2, 0) is 9.53 Å². The second-order valence-corrected chi connectivity index (χ2v) is 6.30. The van der Waals surface area contributed by atoms with Crippen LogP contribution in [0.2, 0.25) is 0 Å². The minimum Gasteiger partial charge on any atom is -0.378 e. The number of carbonyl (C=O) groups is 1. The van der Waals surface area contributed by atoms with E-state index in [0.717, 1.165) is 39.0 Å². The molecular formula is C18H26N2O2. The van der Waals surface area contributed by atoms with Crippen LogP contribution in [0.5, 0.6) is 0 Å². The van der Waals surface area contributed by atoms with Gasteiger partial charge in [-0.05, 0) is 43.3 Å². The molecule has 2 heterocycles. The fraction of sp³-hybridized carbons (Fsp3) is 0.611. The Bertz CT molecular complexity index is 465. The third-order valence-corrected chi connectivity index (χ3v) is 4.94. The van der Waals surface area contributed by atoms with Gasteiger partial charge in [0.15, 0.2) is 0 Å². The molecule has 2 saturated heterocycles. The van der Waals surface area contributed by atoms with Gasteiger partial charge in [0.25, 0.3) is 0 Å². The Balaban J connectivity index is 1.71. The first kappa shape index (κ1) is 15.5. The number of hydrogen-bond donors (Lipinski definition) is 1. The molecule has 4 nitrogen and oxygen atoms in total. The number of ether oxygens (including phenoxy) is 1. The fourth-order valence-corrected chi connectivity index (χ4v) is 3.63. The first-order chi connectivity index (χ1) is 10.8. The van der Waals surface area contributed by atoms with E-state index in [0.29, 0.717) is 31.5 Å². The molecular weight excluding hydrogens is 276 g/mol. The summed E-state index contributed by atoms with van der Waals surface area (Å²) < 4.78 is 5.35. The molecule has 3 rings (SSSR count).